The lowest BCUT2D eigenvalue weighted by Gasteiger charge is -2.32. The monoisotopic (exact) mass is 413 g/mol. The van der Waals surface area contributed by atoms with Gasteiger partial charge in [0.15, 0.2) is 5.65 Å². The average Bonchev–Trinajstić information content (AvgIpc) is 3.23. The Morgan fingerprint density at radius 2 is 1.94 bits per heavy atom. The van der Waals surface area contributed by atoms with Gasteiger partial charge in [-0.05, 0) is 66.3 Å². The van der Waals surface area contributed by atoms with Gasteiger partial charge in [0.1, 0.15) is 0 Å². The van der Waals surface area contributed by atoms with E-state index in [1.54, 1.807) is 0 Å². The van der Waals surface area contributed by atoms with E-state index in [2.05, 4.69) is 59.7 Å². The number of fused-ring (bicyclic) bond motifs is 3. The summed E-state index contributed by atoms with van der Waals surface area (Å²) >= 11 is 0. The van der Waals surface area contributed by atoms with Crippen LogP contribution in [0.25, 0.3) is 16.6 Å². The number of amides is 1. The smallest absolute Gasteiger partial charge is 0.225 e. The van der Waals surface area contributed by atoms with Crippen molar-refractivity contribution in [2.45, 2.75) is 46.1 Å². The largest absolute Gasteiger partial charge is 0.338 e. The summed E-state index contributed by atoms with van der Waals surface area (Å²) in [5.41, 5.74) is 6.38. The second kappa shape index (κ2) is 8.10. The first kappa shape index (κ1) is 19.7. The van der Waals surface area contributed by atoms with Gasteiger partial charge < -0.3 is 4.90 Å². The van der Waals surface area contributed by atoms with Gasteiger partial charge in [-0.15, -0.1) is 5.10 Å². The summed E-state index contributed by atoms with van der Waals surface area (Å²) in [7, 11) is 0. The molecular formula is C25H27N5O. The van der Waals surface area contributed by atoms with Crippen molar-refractivity contribution in [2.24, 2.45) is 5.92 Å². The van der Waals surface area contributed by atoms with Crippen molar-refractivity contribution < 1.29 is 4.79 Å². The van der Waals surface area contributed by atoms with Crippen LogP contribution in [-0.4, -0.2) is 37.4 Å². The summed E-state index contributed by atoms with van der Waals surface area (Å²) in [4.78, 5) is 15.3. The molecule has 0 unspecified atom stereocenters. The van der Waals surface area contributed by atoms with Crippen LogP contribution in [0.3, 0.4) is 0 Å². The molecule has 1 saturated carbocycles. The summed E-state index contributed by atoms with van der Waals surface area (Å²) in [6.45, 7) is 5.42. The molecule has 31 heavy (non-hydrogen) atoms. The van der Waals surface area contributed by atoms with Crippen LogP contribution in [0.15, 0.2) is 48.5 Å². The molecule has 0 aliphatic heterocycles. The Morgan fingerprint density at radius 3 is 2.68 bits per heavy atom. The van der Waals surface area contributed by atoms with E-state index in [4.69, 9.17) is 0 Å². The van der Waals surface area contributed by atoms with E-state index >= 15 is 0 Å². The van der Waals surface area contributed by atoms with Gasteiger partial charge in [-0.3, -0.25) is 4.79 Å². The quantitative estimate of drug-likeness (QED) is 0.474. The predicted molar refractivity (Wildman–Crippen MR) is 121 cm³/mol. The summed E-state index contributed by atoms with van der Waals surface area (Å²) in [6.07, 6.45) is 3.99. The van der Waals surface area contributed by atoms with Crippen LogP contribution >= 0.6 is 0 Å². The van der Waals surface area contributed by atoms with Gasteiger partial charge >= 0.3 is 0 Å². The molecule has 4 aromatic rings. The van der Waals surface area contributed by atoms with E-state index in [0.29, 0.717) is 13.1 Å². The Kier molecular flexibility index (Phi) is 5.14. The highest BCUT2D eigenvalue weighted by molar-refractivity contribution is 5.87. The predicted octanol–water partition coefficient (Wildman–Crippen LogP) is 4.27. The Labute approximate surface area is 181 Å². The molecule has 2 heterocycles. The molecule has 0 radical (unpaired) electrons. The number of hydrogen-bond donors (Lipinski definition) is 0. The van der Waals surface area contributed by atoms with Crippen molar-refractivity contribution in [3.63, 3.8) is 0 Å². The zero-order valence-electron chi connectivity index (χ0n) is 18.1. The molecule has 0 bridgehead atoms. The molecule has 0 N–H and O–H groups in total. The normalized spacial score (nSPS) is 14.1. The number of benzene rings is 2. The lowest BCUT2D eigenvalue weighted by Crippen LogP contribution is -2.39. The second-order valence-corrected chi connectivity index (χ2v) is 8.65. The van der Waals surface area contributed by atoms with Crippen LogP contribution in [0.2, 0.25) is 0 Å². The fourth-order valence-electron chi connectivity index (χ4n) is 4.42. The van der Waals surface area contributed by atoms with Gasteiger partial charge in [0.25, 0.3) is 0 Å². The lowest BCUT2D eigenvalue weighted by molar-refractivity contribution is -0.138. The molecular weight excluding hydrogens is 386 g/mol. The number of carbonyl (C=O) groups is 1. The number of aromatic nitrogens is 4. The zero-order valence-corrected chi connectivity index (χ0v) is 18.1. The van der Waals surface area contributed by atoms with Crippen LogP contribution in [0.5, 0.6) is 0 Å². The Hall–Kier alpha value is -3.28. The number of pyridine rings is 1. The third-order valence-electron chi connectivity index (χ3n) is 6.67. The first-order valence-electron chi connectivity index (χ1n) is 11.0. The highest BCUT2D eigenvalue weighted by Gasteiger charge is 2.30. The molecule has 0 spiro atoms. The van der Waals surface area contributed by atoms with Gasteiger partial charge in [-0.2, -0.15) is 4.52 Å². The summed E-state index contributed by atoms with van der Waals surface area (Å²) in [5, 5.41) is 13.6. The third-order valence-corrected chi connectivity index (χ3v) is 6.67. The zero-order chi connectivity index (χ0) is 21.4. The maximum absolute atomic E-state index is 13.3. The fourth-order valence-corrected chi connectivity index (χ4v) is 4.42. The Balaban J connectivity index is 1.51. The Morgan fingerprint density at radius 1 is 1.13 bits per heavy atom. The minimum atomic E-state index is 0.160. The number of tetrazole rings is 1. The van der Waals surface area contributed by atoms with Gasteiger partial charge in [-0.25, -0.2) is 0 Å². The van der Waals surface area contributed by atoms with Crippen LogP contribution in [0.4, 0.5) is 0 Å². The maximum atomic E-state index is 13.3. The van der Waals surface area contributed by atoms with Crippen molar-refractivity contribution in [1.82, 2.24) is 24.9 Å². The standard InChI is InChI=1S/C25H27N5O/c1-17-11-12-21-15-22(24-26-27-28-30(24)23(21)18(17)2)16-29(25(31)20-9-6-10-20)14-13-19-7-4-3-5-8-19/h3-5,7-8,11-12,15,20H,6,9-10,13-14,16H2,1-2H3. The summed E-state index contributed by atoms with van der Waals surface area (Å²) in [5.74, 6) is 0.418. The molecule has 1 aliphatic carbocycles. The van der Waals surface area contributed by atoms with Crippen molar-refractivity contribution in [2.75, 3.05) is 6.54 Å². The van der Waals surface area contributed by atoms with E-state index < -0.39 is 0 Å². The molecule has 1 aliphatic rings. The topological polar surface area (TPSA) is 63.4 Å². The van der Waals surface area contributed by atoms with Gasteiger partial charge in [0, 0.05) is 30.0 Å². The molecule has 158 valence electrons. The lowest BCUT2D eigenvalue weighted by atomic mass is 9.84. The van der Waals surface area contributed by atoms with Crippen molar-refractivity contribution in [3.05, 3.63) is 70.8 Å². The van der Waals surface area contributed by atoms with E-state index in [-0.39, 0.29) is 11.8 Å². The number of aryl methyl sites for hydroxylation is 2. The van der Waals surface area contributed by atoms with E-state index in [1.807, 2.05) is 27.6 Å². The molecule has 0 saturated heterocycles. The summed E-state index contributed by atoms with van der Waals surface area (Å²) < 4.78 is 1.83. The maximum Gasteiger partial charge on any atom is 0.225 e. The SMILES string of the molecule is Cc1ccc2cc(CN(CCc3ccccc3)C(=O)C3CCC3)c3nnnn3c2c1C. The van der Waals surface area contributed by atoms with E-state index in [1.165, 1.54) is 16.7 Å². The minimum Gasteiger partial charge on any atom is -0.338 e. The van der Waals surface area contributed by atoms with E-state index in [9.17, 15) is 4.79 Å². The van der Waals surface area contributed by atoms with Crippen molar-refractivity contribution >= 4 is 22.5 Å². The number of carbonyl (C=O) groups excluding carboxylic acids is 1. The molecule has 6 nitrogen and oxygen atoms in total. The van der Waals surface area contributed by atoms with E-state index in [0.717, 1.165) is 47.8 Å². The minimum absolute atomic E-state index is 0.160. The molecule has 2 aromatic heterocycles. The highest BCUT2D eigenvalue weighted by Crippen LogP contribution is 2.30. The molecule has 5 rings (SSSR count). The molecule has 0 atom stereocenters. The third kappa shape index (κ3) is 3.67. The van der Waals surface area contributed by atoms with Crippen molar-refractivity contribution in [3.8, 4) is 0 Å². The van der Waals surface area contributed by atoms with Gasteiger partial charge in [0.05, 0.1) is 5.52 Å². The van der Waals surface area contributed by atoms with Gasteiger partial charge in [0.2, 0.25) is 5.91 Å². The van der Waals surface area contributed by atoms with Crippen LogP contribution in [-0.2, 0) is 17.8 Å². The average molecular weight is 414 g/mol. The Bertz CT molecular complexity index is 1240. The second-order valence-electron chi connectivity index (χ2n) is 8.65. The van der Waals surface area contributed by atoms with Gasteiger partial charge in [-0.1, -0.05) is 48.9 Å². The molecule has 6 heteroatoms. The first-order valence-corrected chi connectivity index (χ1v) is 11.0. The fraction of sp³-hybridized carbons (Fsp3) is 0.360. The number of nitrogens with zero attached hydrogens (tertiary/aromatic N) is 5. The van der Waals surface area contributed by atoms with Crippen LogP contribution in [0, 0.1) is 19.8 Å². The first-order chi connectivity index (χ1) is 15.1. The molecule has 1 amide bonds. The number of hydrogen-bond acceptors (Lipinski definition) is 4. The molecule has 2 aromatic carbocycles. The van der Waals surface area contributed by atoms with Crippen molar-refractivity contribution in [1.29, 1.82) is 0 Å². The number of rotatable bonds is 6. The summed E-state index contributed by atoms with van der Waals surface area (Å²) in [6, 6.07) is 16.8. The highest BCUT2D eigenvalue weighted by atomic mass is 16.2. The van der Waals surface area contributed by atoms with Crippen LogP contribution < -0.4 is 0 Å². The molecule has 1 fully saturated rings. The van der Waals surface area contributed by atoms with Crippen LogP contribution in [0.1, 0.15) is 41.5 Å².